The van der Waals surface area contributed by atoms with Crippen LogP contribution in [0.3, 0.4) is 0 Å². The maximum atomic E-state index is 13.0. The molecule has 1 N–H and O–H groups in total. The minimum Gasteiger partial charge on any atom is -0.490 e. The highest BCUT2D eigenvalue weighted by molar-refractivity contribution is 6.00. The molecule has 0 bridgehead atoms. The molecule has 0 radical (unpaired) electrons. The molecule has 168 valence electrons. The average Bonchev–Trinajstić information content (AvgIpc) is 3.17. The van der Waals surface area contributed by atoms with E-state index >= 15 is 0 Å². The number of nitrogens with one attached hydrogen (secondary N) is 1. The molecule has 0 aliphatic carbocycles. The fourth-order valence-electron chi connectivity index (χ4n) is 3.80. The van der Waals surface area contributed by atoms with Gasteiger partial charge in [-0.3, -0.25) is 15.0 Å². The van der Waals surface area contributed by atoms with Gasteiger partial charge in [0.2, 0.25) is 0 Å². The van der Waals surface area contributed by atoms with E-state index in [1.165, 1.54) is 16.9 Å². The van der Waals surface area contributed by atoms with Crippen LogP contribution < -0.4 is 20.5 Å². The van der Waals surface area contributed by atoms with Gasteiger partial charge in [-0.1, -0.05) is 18.2 Å². The second-order valence-electron chi connectivity index (χ2n) is 7.71. The van der Waals surface area contributed by atoms with E-state index in [1.54, 1.807) is 30.3 Å². The van der Waals surface area contributed by atoms with Gasteiger partial charge < -0.3 is 9.47 Å². The fourth-order valence-corrected chi connectivity index (χ4v) is 3.80. The number of carbonyl (C=O) groups excluding carboxylic acids is 1. The summed E-state index contributed by atoms with van der Waals surface area (Å²) in [6.07, 6.45) is 3.74. The van der Waals surface area contributed by atoms with E-state index in [-0.39, 0.29) is 0 Å². The summed E-state index contributed by atoms with van der Waals surface area (Å²) in [4.78, 5) is 34.3. The first-order valence-electron chi connectivity index (χ1n) is 10.7. The lowest BCUT2D eigenvalue weighted by molar-refractivity contribution is 0.101. The van der Waals surface area contributed by atoms with Gasteiger partial charge in [-0.2, -0.15) is 9.50 Å². The second kappa shape index (κ2) is 8.00. The summed E-state index contributed by atoms with van der Waals surface area (Å²) in [5.41, 5.74) is 3.88. The highest BCUT2D eigenvalue weighted by Gasteiger charge is 2.16. The number of fused-ring (bicyclic) bond motifs is 4. The second-order valence-corrected chi connectivity index (χ2v) is 7.71. The molecule has 3 aromatic heterocycles. The molecular formula is C24H18N6O4. The van der Waals surface area contributed by atoms with E-state index in [0.29, 0.717) is 52.8 Å². The van der Waals surface area contributed by atoms with Crippen LogP contribution in [0.1, 0.15) is 16.8 Å². The number of carbonyl (C=O) groups is 1. The van der Waals surface area contributed by atoms with Crippen molar-refractivity contribution in [2.75, 3.05) is 18.6 Å². The van der Waals surface area contributed by atoms with Crippen molar-refractivity contribution in [3.63, 3.8) is 0 Å². The Labute approximate surface area is 192 Å². The predicted octanol–water partition coefficient (Wildman–Crippen LogP) is 2.65. The highest BCUT2D eigenvalue weighted by Crippen LogP contribution is 2.33. The van der Waals surface area contributed by atoms with Crippen LogP contribution in [0.25, 0.3) is 28.1 Å². The number of pyridine rings is 1. The zero-order valence-corrected chi connectivity index (χ0v) is 17.8. The Morgan fingerprint density at radius 1 is 1.00 bits per heavy atom. The third-order valence-corrected chi connectivity index (χ3v) is 5.50. The molecule has 0 fully saturated rings. The summed E-state index contributed by atoms with van der Waals surface area (Å²) < 4.78 is 14.1. The first-order valence-corrected chi connectivity index (χ1v) is 10.7. The van der Waals surface area contributed by atoms with Gasteiger partial charge in [-0.05, 0) is 36.4 Å². The van der Waals surface area contributed by atoms with Crippen molar-refractivity contribution in [3.05, 3.63) is 82.9 Å². The quantitative estimate of drug-likeness (QED) is 0.446. The molecular weight excluding hydrogens is 436 g/mol. The Bertz CT molecular complexity index is 1610. The summed E-state index contributed by atoms with van der Waals surface area (Å²) in [6.45, 7) is 1.19. The van der Waals surface area contributed by atoms with E-state index in [1.807, 2.05) is 24.3 Å². The van der Waals surface area contributed by atoms with Gasteiger partial charge in [0.05, 0.1) is 24.1 Å². The summed E-state index contributed by atoms with van der Waals surface area (Å²) in [5, 5.41) is 4.86. The van der Waals surface area contributed by atoms with Gasteiger partial charge in [-0.25, -0.2) is 9.66 Å². The number of amides is 1. The fraction of sp³-hybridized carbons (Fsp3) is 0.125. The molecule has 0 spiro atoms. The lowest BCUT2D eigenvalue weighted by Gasteiger charge is -2.09. The van der Waals surface area contributed by atoms with E-state index in [9.17, 15) is 9.59 Å². The Morgan fingerprint density at radius 2 is 1.82 bits per heavy atom. The van der Waals surface area contributed by atoms with Gasteiger partial charge in [0.1, 0.15) is 0 Å². The van der Waals surface area contributed by atoms with Gasteiger partial charge in [-0.15, -0.1) is 5.10 Å². The highest BCUT2D eigenvalue weighted by atomic mass is 16.5. The molecule has 0 saturated carbocycles. The molecule has 34 heavy (non-hydrogen) atoms. The number of aromatic nitrogens is 5. The topological polar surface area (TPSA) is 113 Å². The van der Waals surface area contributed by atoms with Crippen LogP contribution in [-0.2, 0) is 0 Å². The number of ether oxygens (including phenoxy) is 2. The third-order valence-electron chi connectivity index (χ3n) is 5.50. The Kier molecular flexibility index (Phi) is 4.69. The molecule has 0 saturated heterocycles. The molecule has 2 aromatic carbocycles. The maximum Gasteiger partial charge on any atom is 0.280 e. The van der Waals surface area contributed by atoms with Gasteiger partial charge in [0, 0.05) is 29.9 Å². The van der Waals surface area contributed by atoms with Crippen LogP contribution in [0.15, 0.2) is 71.8 Å². The van der Waals surface area contributed by atoms with Crippen molar-refractivity contribution >= 4 is 22.6 Å². The van der Waals surface area contributed by atoms with Crippen molar-refractivity contribution in [2.45, 2.75) is 6.42 Å². The molecule has 0 atom stereocenters. The van der Waals surface area contributed by atoms with Crippen LogP contribution in [-0.4, -0.2) is 43.4 Å². The third kappa shape index (κ3) is 3.41. The van der Waals surface area contributed by atoms with Crippen molar-refractivity contribution < 1.29 is 14.3 Å². The Hall–Kier alpha value is -4.73. The van der Waals surface area contributed by atoms with E-state index in [0.717, 1.165) is 16.7 Å². The van der Waals surface area contributed by atoms with Crippen LogP contribution in [0.2, 0.25) is 0 Å². The molecule has 10 heteroatoms. The van der Waals surface area contributed by atoms with Crippen LogP contribution in [0.4, 0.5) is 0 Å². The van der Waals surface area contributed by atoms with E-state index < -0.39 is 11.5 Å². The summed E-state index contributed by atoms with van der Waals surface area (Å²) in [6, 6.07) is 15.9. The lowest BCUT2D eigenvalue weighted by Crippen LogP contribution is -2.32. The van der Waals surface area contributed by atoms with Gasteiger partial charge in [0.25, 0.3) is 17.2 Å². The number of hydrogen-bond donors (Lipinski definition) is 1. The molecule has 1 aliphatic rings. The molecule has 4 heterocycles. The van der Waals surface area contributed by atoms with E-state index in [4.69, 9.17) is 9.47 Å². The summed E-state index contributed by atoms with van der Waals surface area (Å²) in [5.74, 6) is 1.72. The van der Waals surface area contributed by atoms with Crippen LogP contribution in [0.5, 0.6) is 11.5 Å². The molecule has 5 aromatic rings. The van der Waals surface area contributed by atoms with Gasteiger partial charge in [0.15, 0.2) is 17.3 Å². The number of benzene rings is 2. The largest absolute Gasteiger partial charge is 0.490 e. The molecule has 1 amide bonds. The SMILES string of the molecule is O=C(Nn1ccc2c(cnc3nc(-c4ccc5c(c4)OCCCO5)nn32)c1=O)c1ccccc1. The number of nitrogens with zero attached hydrogens (tertiary/aromatic N) is 5. The first-order chi connectivity index (χ1) is 16.7. The molecule has 6 rings (SSSR count). The Morgan fingerprint density at radius 3 is 2.68 bits per heavy atom. The summed E-state index contributed by atoms with van der Waals surface area (Å²) in [7, 11) is 0. The standard InChI is InChI=1S/C24H18N6O4/c31-22(15-5-2-1-3-6-15)28-29-10-9-18-17(23(29)32)14-25-24-26-21(27-30(18)24)16-7-8-19-20(13-16)34-12-4-11-33-19/h1-3,5-10,13-14H,4,11-12H2,(H,28,31). The average molecular weight is 454 g/mol. The lowest BCUT2D eigenvalue weighted by atomic mass is 10.2. The first kappa shape index (κ1) is 19.9. The maximum absolute atomic E-state index is 13.0. The minimum atomic E-state index is -0.427. The summed E-state index contributed by atoms with van der Waals surface area (Å²) >= 11 is 0. The monoisotopic (exact) mass is 454 g/mol. The molecule has 1 aliphatic heterocycles. The smallest absolute Gasteiger partial charge is 0.280 e. The number of rotatable bonds is 3. The Balaban J connectivity index is 1.38. The van der Waals surface area contributed by atoms with Gasteiger partial charge >= 0.3 is 0 Å². The van der Waals surface area contributed by atoms with Crippen LogP contribution in [0, 0.1) is 0 Å². The molecule has 10 nitrogen and oxygen atoms in total. The zero-order valence-electron chi connectivity index (χ0n) is 17.8. The predicted molar refractivity (Wildman–Crippen MR) is 124 cm³/mol. The number of hydrogen-bond acceptors (Lipinski definition) is 7. The normalized spacial score (nSPS) is 13.1. The minimum absolute atomic E-state index is 0.290. The zero-order chi connectivity index (χ0) is 23.1. The van der Waals surface area contributed by atoms with Crippen molar-refractivity contribution in [3.8, 4) is 22.9 Å². The van der Waals surface area contributed by atoms with Crippen LogP contribution >= 0.6 is 0 Å². The molecule has 0 unspecified atom stereocenters. The van der Waals surface area contributed by atoms with Crippen molar-refractivity contribution in [1.29, 1.82) is 0 Å². The van der Waals surface area contributed by atoms with Crippen molar-refractivity contribution in [1.82, 2.24) is 24.3 Å². The van der Waals surface area contributed by atoms with Crippen molar-refractivity contribution in [2.24, 2.45) is 0 Å². The van der Waals surface area contributed by atoms with E-state index in [2.05, 4.69) is 20.5 Å².